The third-order valence-electron chi connectivity index (χ3n) is 1.02. The molecular weight excluding hydrogens is 142 g/mol. The van der Waals surface area contributed by atoms with Crippen molar-refractivity contribution in [1.29, 1.82) is 0 Å². The molecule has 0 aromatic heterocycles. The standard InChI is InChI=1S/C8H11NO2/c1-7(10)8(6-9-2)4-5-11-3/h4-6H,2H2,1,3H3/b5-4+,8-6+. The third kappa shape index (κ3) is 4.08. The highest BCUT2D eigenvalue weighted by atomic mass is 16.5. The Morgan fingerprint density at radius 3 is 2.64 bits per heavy atom. The number of ether oxygens (including phenoxy) is 1. The summed E-state index contributed by atoms with van der Waals surface area (Å²) in [7, 11) is 1.51. The molecule has 0 atom stereocenters. The fourth-order valence-electron chi connectivity index (χ4n) is 0.491. The van der Waals surface area contributed by atoms with Crippen LogP contribution in [0, 0.1) is 0 Å². The molecule has 0 radical (unpaired) electrons. The van der Waals surface area contributed by atoms with Crippen LogP contribution >= 0.6 is 0 Å². The van der Waals surface area contributed by atoms with Gasteiger partial charge in [0.05, 0.1) is 13.4 Å². The van der Waals surface area contributed by atoms with Gasteiger partial charge in [0, 0.05) is 11.8 Å². The van der Waals surface area contributed by atoms with Crippen molar-refractivity contribution in [3.05, 3.63) is 24.1 Å². The Hall–Kier alpha value is -1.38. The number of methoxy groups -OCH3 is 1. The van der Waals surface area contributed by atoms with Crippen LogP contribution in [-0.2, 0) is 9.53 Å². The highest BCUT2D eigenvalue weighted by Gasteiger charge is 1.96. The predicted molar refractivity (Wildman–Crippen MR) is 44.5 cm³/mol. The molecule has 0 amide bonds. The van der Waals surface area contributed by atoms with Gasteiger partial charge >= 0.3 is 0 Å². The molecule has 0 bridgehead atoms. The van der Waals surface area contributed by atoms with Crippen molar-refractivity contribution < 1.29 is 9.53 Å². The fraction of sp³-hybridized carbons (Fsp3) is 0.250. The van der Waals surface area contributed by atoms with Crippen LogP contribution in [0.4, 0.5) is 0 Å². The molecule has 0 saturated heterocycles. The number of carbonyl (C=O) groups is 1. The number of Topliss-reactive ketones (excluding diaryl/α,β-unsaturated/α-hetero) is 1. The first kappa shape index (κ1) is 9.62. The van der Waals surface area contributed by atoms with E-state index in [0.29, 0.717) is 5.57 Å². The van der Waals surface area contributed by atoms with Crippen LogP contribution < -0.4 is 0 Å². The van der Waals surface area contributed by atoms with Crippen molar-refractivity contribution in [3.8, 4) is 0 Å². The van der Waals surface area contributed by atoms with Crippen molar-refractivity contribution in [2.75, 3.05) is 7.11 Å². The van der Waals surface area contributed by atoms with E-state index >= 15 is 0 Å². The lowest BCUT2D eigenvalue weighted by Crippen LogP contribution is -1.92. The number of hydrogen-bond donors (Lipinski definition) is 0. The van der Waals surface area contributed by atoms with E-state index in [4.69, 9.17) is 0 Å². The molecule has 0 spiro atoms. The minimum atomic E-state index is -0.0642. The molecule has 0 aromatic rings. The molecule has 0 aliphatic rings. The summed E-state index contributed by atoms with van der Waals surface area (Å²) in [6.45, 7) is 4.69. The van der Waals surface area contributed by atoms with E-state index in [9.17, 15) is 4.79 Å². The Bertz CT molecular complexity index is 204. The molecule has 0 N–H and O–H groups in total. The molecule has 3 nitrogen and oxygen atoms in total. The molecule has 0 saturated carbocycles. The number of nitrogens with zero attached hydrogens (tertiary/aromatic N) is 1. The monoisotopic (exact) mass is 153 g/mol. The molecule has 0 aliphatic heterocycles. The fourth-order valence-corrected chi connectivity index (χ4v) is 0.491. The molecule has 0 fully saturated rings. The molecule has 0 heterocycles. The van der Waals surface area contributed by atoms with Gasteiger partial charge in [-0.05, 0) is 19.7 Å². The number of ketones is 1. The van der Waals surface area contributed by atoms with Gasteiger partial charge in [0.1, 0.15) is 0 Å². The van der Waals surface area contributed by atoms with Gasteiger partial charge < -0.3 is 4.74 Å². The van der Waals surface area contributed by atoms with Crippen molar-refractivity contribution in [2.24, 2.45) is 4.99 Å². The van der Waals surface area contributed by atoms with Crippen molar-refractivity contribution >= 4 is 12.5 Å². The second-order valence-electron chi connectivity index (χ2n) is 1.86. The summed E-state index contributed by atoms with van der Waals surface area (Å²) < 4.78 is 4.63. The van der Waals surface area contributed by atoms with Crippen molar-refractivity contribution in [2.45, 2.75) is 6.92 Å². The first-order valence-corrected chi connectivity index (χ1v) is 3.08. The Balaban J connectivity index is 4.35. The zero-order valence-electron chi connectivity index (χ0n) is 6.70. The van der Waals surface area contributed by atoms with Crippen LogP contribution in [0.3, 0.4) is 0 Å². The Morgan fingerprint density at radius 2 is 2.27 bits per heavy atom. The predicted octanol–water partition coefficient (Wildman–Crippen LogP) is 1.32. The van der Waals surface area contributed by atoms with E-state index in [1.807, 2.05) is 0 Å². The Morgan fingerprint density at radius 1 is 1.64 bits per heavy atom. The molecule has 3 heteroatoms. The van der Waals surface area contributed by atoms with E-state index in [1.165, 1.54) is 32.6 Å². The van der Waals surface area contributed by atoms with Gasteiger partial charge in [-0.15, -0.1) is 0 Å². The largest absolute Gasteiger partial charge is 0.504 e. The molecule has 0 aliphatic carbocycles. The van der Waals surface area contributed by atoms with Crippen molar-refractivity contribution in [1.82, 2.24) is 0 Å². The number of carbonyl (C=O) groups excluding carboxylic acids is 1. The first-order valence-electron chi connectivity index (χ1n) is 3.08. The molecule has 0 unspecified atom stereocenters. The van der Waals surface area contributed by atoms with E-state index in [-0.39, 0.29) is 5.78 Å². The number of hydrogen-bond acceptors (Lipinski definition) is 3. The van der Waals surface area contributed by atoms with Gasteiger partial charge in [0.2, 0.25) is 0 Å². The van der Waals surface area contributed by atoms with Gasteiger partial charge in [-0.3, -0.25) is 9.79 Å². The average Bonchev–Trinajstić information content (AvgIpc) is 1.97. The van der Waals surface area contributed by atoms with Gasteiger partial charge in [-0.1, -0.05) is 0 Å². The minimum Gasteiger partial charge on any atom is -0.504 e. The summed E-state index contributed by atoms with van der Waals surface area (Å²) in [6.07, 6.45) is 4.34. The summed E-state index contributed by atoms with van der Waals surface area (Å²) in [4.78, 5) is 14.2. The first-order chi connectivity index (χ1) is 5.22. The summed E-state index contributed by atoms with van der Waals surface area (Å²) in [6, 6.07) is 0. The number of rotatable bonds is 4. The molecular formula is C8H11NO2. The second-order valence-corrected chi connectivity index (χ2v) is 1.86. The third-order valence-corrected chi connectivity index (χ3v) is 1.02. The van der Waals surface area contributed by atoms with Gasteiger partial charge in [0.15, 0.2) is 5.78 Å². The SMILES string of the molecule is C=N/C=C(\C=C\OC)C(C)=O. The van der Waals surface area contributed by atoms with Crippen LogP contribution in [0.5, 0.6) is 0 Å². The smallest absolute Gasteiger partial charge is 0.161 e. The lowest BCUT2D eigenvalue weighted by molar-refractivity contribution is -0.113. The lowest BCUT2D eigenvalue weighted by atomic mass is 10.2. The topological polar surface area (TPSA) is 38.7 Å². The zero-order valence-corrected chi connectivity index (χ0v) is 6.70. The highest BCUT2D eigenvalue weighted by molar-refractivity contribution is 5.95. The van der Waals surface area contributed by atoms with Crippen LogP contribution in [0.15, 0.2) is 29.1 Å². The van der Waals surface area contributed by atoms with Crippen molar-refractivity contribution in [3.63, 3.8) is 0 Å². The van der Waals surface area contributed by atoms with Crippen LogP contribution in [0.25, 0.3) is 0 Å². The molecule has 0 aromatic carbocycles. The molecule has 0 rings (SSSR count). The molecule has 60 valence electrons. The maximum atomic E-state index is 10.8. The minimum absolute atomic E-state index is 0.0642. The van der Waals surface area contributed by atoms with Gasteiger partial charge in [-0.25, -0.2) is 0 Å². The summed E-state index contributed by atoms with van der Waals surface area (Å²) >= 11 is 0. The normalized spacial score (nSPS) is 11.6. The quantitative estimate of drug-likeness (QED) is 0.264. The van der Waals surface area contributed by atoms with Crippen LogP contribution in [-0.4, -0.2) is 19.6 Å². The maximum Gasteiger partial charge on any atom is 0.161 e. The zero-order chi connectivity index (χ0) is 8.69. The second kappa shape index (κ2) is 5.41. The maximum absolute atomic E-state index is 10.8. The molecule has 11 heavy (non-hydrogen) atoms. The lowest BCUT2D eigenvalue weighted by Gasteiger charge is -1.91. The van der Waals surface area contributed by atoms with E-state index in [2.05, 4.69) is 16.4 Å². The Labute approximate surface area is 66.1 Å². The summed E-state index contributed by atoms with van der Waals surface area (Å²) in [5.74, 6) is -0.0642. The van der Waals surface area contributed by atoms with Gasteiger partial charge in [0.25, 0.3) is 0 Å². The summed E-state index contributed by atoms with van der Waals surface area (Å²) in [5.41, 5.74) is 0.474. The van der Waals surface area contributed by atoms with Gasteiger partial charge in [-0.2, -0.15) is 0 Å². The van der Waals surface area contributed by atoms with E-state index in [0.717, 1.165) is 0 Å². The van der Waals surface area contributed by atoms with Crippen LogP contribution in [0.1, 0.15) is 6.92 Å². The van der Waals surface area contributed by atoms with E-state index < -0.39 is 0 Å². The number of aliphatic imine (C=N–C) groups is 1. The average molecular weight is 153 g/mol. The highest BCUT2D eigenvalue weighted by Crippen LogP contribution is 1.98. The van der Waals surface area contributed by atoms with Crippen LogP contribution in [0.2, 0.25) is 0 Å². The Kier molecular flexibility index (Phi) is 4.73. The summed E-state index contributed by atoms with van der Waals surface area (Å²) in [5, 5.41) is 0. The van der Waals surface area contributed by atoms with E-state index in [1.54, 1.807) is 0 Å². The number of allylic oxidation sites excluding steroid dienone is 2.